The predicted octanol–water partition coefficient (Wildman–Crippen LogP) is 2.84. The van der Waals surface area contributed by atoms with Crippen molar-refractivity contribution >= 4 is 5.65 Å². The van der Waals surface area contributed by atoms with Crippen molar-refractivity contribution in [2.24, 2.45) is 0 Å². The summed E-state index contributed by atoms with van der Waals surface area (Å²) >= 11 is 0. The molecule has 0 radical (unpaired) electrons. The summed E-state index contributed by atoms with van der Waals surface area (Å²) in [6.45, 7) is 1.75. The van der Waals surface area contributed by atoms with Crippen LogP contribution in [0, 0.1) is 12.7 Å². The van der Waals surface area contributed by atoms with Gasteiger partial charge >= 0.3 is 0 Å². The highest BCUT2D eigenvalue weighted by Crippen LogP contribution is 2.24. The Morgan fingerprint density at radius 1 is 1.29 bits per heavy atom. The number of aromatic nitrogens is 3. The SMILES string of the molecule is Cc1cc(-c2cnn3cccnc23)ccc1F. The van der Waals surface area contributed by atoms with Crippen LogP contribution in [-0.2, 0) is 0 Å². The van der Waals surface area contributed by atoms with Crippen LogP contribution in [-0.4, -0.2) is 14.6 Å². The molecule has 1 aromatic carbocycles. The third kappa shape index (κ3) is 1.58. The molecule has 2 aromatic heterocycles. The van der Waals surface area contributed by atoms with E-state index in [4.69, 9.17) is 0 Å². The summed E-state index contributed by atoms with van der Waals surface area (Å²) in [5.41, 5.74) is 3.24. The van der Waals surface area contributed by atoms with E-state index in [1.165, 1.54) is 6.07 Å². The number of nitrogens with zero attached hydrogens (tertiary/aromatic N) is 3. The van der Waals surface area contributed by atoms with Crippen molar-refractivity contribution in [1.82, 2.24) is 14.6 Å². The second kappa shape index (κ2) is 3.66. The molecule has 2 heterocycles. The lowest BCUT2D eigenvalue weighted by Gasteiger charge is -2.01. The van der Waals surface area contributed by atoms with Gasteiger partial charge in [-0.25, -0.2) is 13.9 Å². The molecule has 0 saturated carbocycles. The number of halogens is 1. The molecule has 0 aliphatic carbocycles. The van der Waals surface area contributed by atoms with Gasteiger partial charge in [0.2, 0.25) is 0 Å². The molecule has 17 heavy (non-hydrogen) atoms. The predicted molar refractivity (Wildman–Crippen MR) is 63.1 cm³/mol. The highest BCUT2D eigenvalue weighted by molar-refractivity contribution is 5.77. The van der Waals surface area contributed by atoms with Gasteiger partial charge in [0, 0.05) is 18.0 Å². The number of fused-ring (bicyclic) bond motifs is 1. The molecule has 0 fully saturated rings. The molecule has 84 valence electrons. The van der Waals surface area contributed by atoms with Crippen molar-refractivity contribution in [3.8, 4) is 11.1 Å². The van der Waals surface area contributed by atoms with Crippen LogP contribution in [0.5, 0.6) is 0 Å². The second-order valence-electron chi connectivity index (χ2n) is 3.91. The van der Waals surface area contributed by atoms with Crippen LogP contribution in [0.3, 0.4) is 0 Å². The number of hydrogen-bond donors (Lipinski definition) is 0. The summed E-state index contributed by atoms with van der Waals surface area (Å²) in [6.07, 6.45) is 5.30. The number of benzene rings is 1. The van der Waals surface area contributed by atoms with Crippen LogP contribution >= 0.6 is 0 Å². The minimum absolute atomic E-state index is 0.196. The van der Waals surface area contributed by atoms with E-state index in [0.29, 0.717) is 5.56 Å². The molecule has 0 aliphatic rings. The van der Waals surface area contributed by atoms with Gasteiger partial charge in [0.1, 0.15) is 5.82 Å². The topological polar surface area (TPSA) is 30.2 Å². The first-order valence-corrected chi connectivity index (χ1v) is 5.30. The van der Waals surface area contributed by atoms with Crippen molar-refractivity contribution in [1.29, 1.82) is 0 Å². The first-order valence-electron chi connectivity index (χ1n) is 5.30. The maximum atomic E-state index is 13.2. The Balaban J connectivity index is 2.24. The molecule has 0 bridgehead atoms. The van der Waals surface area contributed by atoms with E-state index in [-0.39, 0.29) is 5.82 Å². The molecule has 3 aromatic rings. The van der Waals surface area contributed by atoms with Crippen LogP contribution in [0.15, 0.2) is 42.9 Å². The molecule has 0 N–H and O–H groups in total. The Labute approximate surface area is 97.5 Å². The molecule has 0 unspecified atom stereocenters. The summed E-state index contributed by atoms with van der Waals surface area (Å²) in [6, 6.07) is 6.84. The highest BCUT2D eigenvalue weighted by Gasteiger charge is 2.08. The lowest BCUT2D eigenvalue weighted by Crippen LogP contribution is -1.88. The lowest BCUT2D eigenvalue weighted by molar-refractivity contribution is 0.619. The lowest BCUT2D eigenvalue weighted by atomic mass is 10.1. The van der Waals surface area contributed by atoms with Crippen LogP contribution in [0.2, 0.25) is 0 Å². The van der Waals surface area contributed by atoms with Gasteiger partial charge in [-0.15, -0.1) is 0 Å². The van der Waals surface area contributed by atoms with Crippen molar-refractivity contribution in [2.45, 2.75) is 6.92 Å². The van der Waals surface area contributed by atoms with Gasteiger partial charge < -0.3 is 0 Å². The Morgan fingerprint density at radius 3 is 3.00 bits per heavy atom. The van der Waals surface area contributed by atoms with E-state index in [1.54, 1.807) is 36.0 Å². The molecule has 0 atom stereocenters. The van der Waals surface area contributed by atoms with Gasteiger partial charge in [-0.1, -0.05) is 6.07 Å². The molecule has 0 aliphatic heterocycles. The smallest absolute Gasteiger partial charge is 0.162 e. The Bertz CT molecular complexity index is 688. The third-order valence-electron chi connectivity index (χ3n) is 2.75. The maximum absolute atomic E-state index is 13.2. The average molecular weight is 227 g/mol. The van der Waals surface area contributed by atoms with Crippen molar-refractivity contribution in [3.05, 3.63) is 54.2 Å². The van der Waals surface area contributed by atoms with Crippen molar-refractivity contribution in [2.75, 3.05) is 0 Å². The fourth-order valence-electron chi connectivity index (χ4n) is 1.84. The van der Waals surface area contributed by atoms with E-state index in [0.717, 1.165) is 16.8 Å². The second-order valence-corrected chi connectivity index (χ2v) is 3.91. The zero-order chi connectivity index (χ0) is 11.8. The number of hydrogen-bond acceptors (Lipinski definition) is 2. The fourth-order valence-corrected chi connectivity index (χ4v) is 1.84. The molecule has 0 spiro atoms. The molecule has 3 nitrogen and oxygen atoms in total. The van der Waals surface area contributed by atoms with E-state index in [2.05, 4.69) is 10.1 Å². The standard InChI is InChI=1S/C13H10FN3/c1-9-7-10(3-4-12(9)14)11-8-16-17-6-2-5-15-13(11)17/h2-8H,1H3. The van der Waals surface area contributed by atoms with Gasteiger partial charge in [0.05, 0.1) is 6.20 Å². The van der Waals surface area contributed by atoms with Crippen LogP contribution in [0.1, 0.15) is 5.56 Å². The normalized spacial score (nSPS) is 10.9. The Morgan fingerprint density at radius 2 is 2.18 bits per heavy atom. The zero-order valence-electron chi connectivity index (χ0n) is 9.26. The van der Waals surface area contributed by atoms with Gasteiger partial charge in [0.25, 0.3) is 0 Å². The average Bonchev–Trinajstić information content (AvgIpc) is 2.76. The molecule has 0 saturated heterocycles. The first kappa shape index (κ1) is 9.96. The monoisotopic (exact) mass is 227 g/mol. The van der Waals surface area contributed by atoms with Crippen LogP contribution in [0.25, 0.3) is 16.8 Å². The molecule has 4 heteroatoms. The van der Waals surface area contributed by atoms with Crippen molar-refractivity contribution < 1.29 is 4.39 Å². The summed E-state index contributed by atoms with van der Waals surface area (Å²) in [5, 5.41) is 4.21. The highest BCUT2D eigenvalue weighted by atomic mass is 19.1. The van der Waals surface area contributed by atoms with Crippen LogP contribution in [0.4, 0.5) is 4.39 Å². The molecular weight excluding hydrogens is 217 g/mol. The van der Waals surface area contributed by atoms with Gasteiger partial charge in [-0.3, -0.25) is 0 Å². The molecular formula is C13H10FN3. The maximum Gasteiger partial charge on any atom is 0.162 e. The number of aryl methyl sites for hydroxylation is 1. The van der Waals surface area contributed by atoms with E-state index in [1.807, 2.05) is 12.3 Å². The first-order chi connectivity index (χ1) is 8.25. The van der Waals surface area contributed by atoms with E-state index in [9.17, 15) is 4.39 Å². The van der Waals surface area contributed by atoms with E-state index >= 15 is 0 Å². The molecule has 0 amide bonds. The minimum Gasteiger partial charge on any atom is -0.236 e. The summed E-state index contributed by atoms with van der Waals surface area (Å²) < 4.78 is 14.9. The van der Waals surface area contributed by atoms with Crippen LogP contribution < -0.4 is 0 Å². The number of rotatable bonds is 1. The van der Waals surface area contributed by atoms with Gasteiger partial charge in [-0.05, 0) is 36.2 Å². The third-order valence-corrected chi connectivity index (χ3v) is 2.75. The zero-order valence-corrected chi connectivity index (χ0v) is 9.26. The quantitative estimate of drug-likeness (QED) is 0.640. The summed E-state index contributed by atoms with van der Waals surface area (Å²) in [5.74, 6) is -0.196. The fraction of sp³-hybridized carbons (Fsp3) is 0.0769. The minimum atomic E-state index is -0.196. The van der Waals surface area contributed by atoms with Gasteiger partial charge in [0.15, 0.2) is 5.65 Å². The largest absolute Gasteiger partial charge is 0.236 e. The molecule has 3 rings (SSSR count). The van der Waals surface area contributed by atoms with Crippen molar-refractivity contribution in [3.63, 3.8) is 0 Å². The summed E-state index contributed by atoms with van der Waals surface area (Å²) in [4.78, 5) is 4.28. The Kier molecular flexibility index (Phi) is 2.14. The van der Waals surface area contributed by atoms with Gasteiger partial charge in [-0.2, -0.15) is 5.10 Å². The Hall–Kier alpha value is -2.23. The van der Waals surface area contributed by atoms with E-state index < -0.39 is 0 Å². The summed E-state index contributed by atoms with van der Waals surface area (Å²) in [7, 11) is 0.